The molecule has 0 aliphatic heterocycles. The standard InChI is InChI=1S/C24H26N4O4S/c1-24(2,3)17-12-15(30-4)10-11-20(17)32-13-21(29)25-22-26-23-28(27-22)18(14-33-23)16-8-6-7-9-19(16)31-5/h6-12,14H,13H2,1-5H3,(H,25,27,29). The third kappa shape index (κ3) is 4.78. The number of thiazole rings is 1. The summed E-state index contributed by atoms with van der Waals surface area (Å²) >= 11 is 1.43. The van der Waals surface area contributed by atoms with E-state index in [-0.39, 0.29) is 23.9 Å². The molecule has 2 heterocycles. The van der Waals surface area contributed by atoms with Crippen LogP contribution in [-0.4, -0.2) is 41.3 Å². The fraction of sp³-hybridized carbons (Fsp3) is 0.292. The second-order valence-electron chi connectivity index (χ2n) is 8.40. The summed E-state index contributed by atoms with van der Waals surface area (Å²) in [5, 5.41) is 9.13. The lowest BCUT2D eigenvalue weighted by Gasteiger charge is -2.23. The number of ether oxygens (including phenoxy) is 3. The highest BCUT2D eigenvalue weighted by Gasteiger charge is 2.21. The van der Waals surface area contributed by atoms with Crippen molar-refractivity contribution >= 4 is 28.2 Å². The smallest absolute Gasteiger partial charge is 0.264 e. The van der Waals surface area contributed by atoms with Crippen molar-refractivity contribution in [3.05, 3.63) is 53.4 Å². The number of benzene rings is 2. The molecule has 0 fully saturated rings. The van der Waals surface area contributed by atoms with E-state index in [2.05, 4.69) is 36.2 Å². The van der Waals surface area contributed by atoms with Gasteiger partial charge in [-0.2, -0.15) is 4.98 Å². The van der Waals surface area contributed by atoms with Gasteiger partial charge < -0.3 is 14.2 Å². The van der Waals surface area contributed by atoms with Crippen LogP contribution in [0.25, 0.3) is 16.2 Å². The maximum Gasteiger partial charge on any atom is 0.264 e. The molecule has 1 amide bonds. The SMILES string of the molecule is COc1ccc(OCC(=O)Nc2nc3scc(-c4ccccc4OC)n3n2)c(C(C)(C)C)c1. The zero-order chi connectivity index (χ0) is 23.6. The van der Waals surface area contributed by atoms with Gasteiger partial charge in [-0.25, -0.2) is 4.52 Å². The molecule has 0 spiro atoms. The summed E-state index contributed by atoms with van der Waals surface area (Å²) < 4.78 is 18.3. The van der Waals surface area contributed by atoms with E-state index in [1.165, 1.54) is 11.3 Å². The monoisotopic (exact) mass is 466 g/mol. The zero-order valence-electron chi connectivity index (χ0n) is 19.2. The van der Waals surface area contributed by atoms with Crippen LogP contribution >= 0.6 is 11.3 Å². The molecule has 9 heteroatoms. The molecule has 4 aromatic rings. The summed E-state index contributed by atoms with van der Waals surface area (Å²) in [6.07, 6.45) is 0. The Labute approximate surface area is 196 Å². The number of hydrogen-bond acceptors (Lipinski definition) is 7. The van der Waals surface area contributed by atoms with E-state index >= 15 is 0 Å². The number of rotatable bonds is 7. The summed E-state index contributed by atoms with van der Waals surface area (Å²) in [5.74, 6) is 1.99. The lowest BCUT2D eigenvalue weighted by molar-refractivity contribution is -0.118. The minimum absolute atomic E-state index is 0.165. The number of anilines is 1. The van der Waals surface area contributed by atoms with Gasteiger partial charge in [0.15, 0.2) is 6.61 Å². The number of fused-ring (bicyclic) bond motifs is 1. The lowest BCUT2D eigenvalue weighted by atomic mass is 9.86. The van der Waals surface area contributed by atoms with Crippen molar-refractivity contribution in [2.45, 2.75) is 26.2 Å². The molecule has 0 aliphatic carbocycles. The van der Waals surface area contributed by atoms with E-state index in [0.717, 1.165) is 28.3 Å². The van der Waals surface area contributed by atoms with E-state index in [9.17, 15) is 4.79 Å². The summed E-state index contributed by atoms with van der Waals surface area (Å²) in [6.45, 7) is 6.07. The van der Waals surface area contributed by atoms with Gasteiger partial charge in [0.05, 0.1) is 19.9 Å². The van der Waals surface area contributed by atoms with Gasteiger partial charge in [0.2, 0.25) is 4.96 Å². The molecule has 172 valence electrons. The molecule has 2 aromatic heterocycles. The van der Waals surface area contributed by atoms with Gasteiger partial charge in [0.1, 0.15) is 17.2 Å². The Balaban J connectivity index is 1.49. The largest absolute Gasteiger partial charge is 0.497 e. The Morgan fingerprint density at radius 1 is 1.09 bits per heavy atom. The Morgan fingerprint density at radius 2 is 1.88 bits per heavy atom. The Bertz CT molecular complexity index is 1290. The molecule has 1 N–H and O–H groups in total. The van der Waals surface area contributed by atoms with Crippen molar-refractivity contribution in [3.8, 4) is 28.5 Å². The summed E-state index contributed by atoms with van der Waals surface area (Å²) in [5.41, 5.74) is 2.51. The Hall–Kier alpha value is -3.59. The van der Waals surface area contributed by atoms with Crippen molar-refractivity contribution in [1.82, 2.24) is 14.6 Å². The Kier molecular flexibility index (Phi) is 6.24. The van der Waals surface area contributed by atoms with Crippen molar-refractivity contribution in [2.75, 3.05) is 26.1 Å². The van der Waals surface area contributed by atoms with Crippen LogP contribution in [0.5, 0.6) is 17.2 Å². The summed E-state index contributed by atoms with van der Waals surface area (Å²) in [7, 11) is 3.25. The number of nitrogens with one attached hydrogen (secondary N) is 1. The maximum atomic E-state index is 12.6. The van der Waals surface area contributed by atoms with Crippen molar-refractivity contribution in [3.63, 3.8) is 0 Å². The van der Waals surface area contributed by atoms with E-state index < -0.39 is 0 Å². The molecule has 0 atom stereocenters. The van der Waals surface area contributed by atoms with Gasteiger partial charge in [-0.3, -0.25) is 10.1 Å². The van der Waals surface area contributed by atoms with Crippen LogP contribution in [0.3, 0.4) is 0 Å². The molecule has 8 nitrogen and oxygen atoms in total. The molecule has 0 saturated heterocycles. The predicted molar refractivity (Wildman–Crippen MR) is 129 cm³/mol. The quantitative estimate of drug-likeness (QED) is 0.421. The van der Waals surface area contributed by atoms with Crippen LogP contribution in [0.1, 0.15) is 26.3 Å². The molecule has 0 radical (unpaired) electrons. The molecular weight excluding hydrogens is 440 g/mol. The van der Waals surface area contributed by atoms with E-state index in [1.54, 1.807) is 18.7 Å². The molecular formula is C24H26N4O4S. The van der Waals surface area contributed by atoms with Gasteiger partial charge in [-0.1, -0.05) is 32.9 Å². The van der Waals surface area contributed by atoms with Crippen LogP contribution < -0.4 is 19.5 Å². The number of amides is 1. The maximum absolute atomic E-state index is 12.6. The van der Waals surface area contributed by atoms with Crippen molar-refractivity contribution in [2.24, 2.45) is 0 Å². The zero-order valence-corrected chi connectivity index (χ0v) is 20.0. The van der Waals surface area contributed by atoms with Gasteiger partial charge in [-0.15, -0.1) is 16.4 Å². The molecule has 33 heavy (non-hydrogen) atoms. The van der Waals surface area contributed by atoms with Gasteiger partial charge in [0.25, 0.3) is 11.9 Å². The summed E-state index contributed by atoms with van der Waals surface area (Å²) in [6, 6.07) is 13.2. The highest BCUT2D eigenvalue weighted by Crippen LogP contribution is 2.35. The van der Waals surface area contributed by atoms with Crippen LogP contribution in [0, 0.1) is 0 Å². The average Bonchev–Trinajstić information content (AvgIpc) is 3.37. The molecule has 0 unspecified atom stereocenters. The number of carbonyl (C=O) groups excluding carboxylic acids is 1. The van der Waals surface area contributed by atoms with Crippen LogP contribution in [-0.2, 0) is 10.2 Å². The fourth-order valence-corrected chi connectivity index (χ4v) is 4.25. The third-order valence-electron chi connectivity index (χ3n) is 5.07. The first kappa shape index (κ1) is 22.6. The predicted octanol–water partition coefficient (Wildman–Crippen LogP) is 4.79. The number of nitrogens with zero attached hydrogens (tertiary/aromatic N) is 3. The second kappa shape index (κ2) is 9.11. The van der Waals surface area contributed by atoms with E-state index in [4.69, 9.17) is 14.2 Å². The lowest BCUT2D eigenvalue weighted by Crippen LogP contribution is -2.22. The molecule has 0 saturated carbocycles. The molecule has 0 aliphatic rings. The number of methoxy groups -OCH3 is 2. The minimum atomic E-state index is -0.345. The van der Waals surface area contributed by atoms with Gasteiger partial charge >= 0.3 is 0 Å². The second-order valence-corrected chi connectivity index (χ2v) is 9.24. The highest BCUT2D eigenvalue weighted by molar-refractivity contribution is 7.15. The van der Waals surface area contributed by atoms with E-state index in [1.807, 2.05) is 47.8 Å². The Morgan fingerprint density at radius 3 is 2.61 bits per heavy atom. The minimum Gasteiger partial charge on any atom is -0.497 e. The van der Waals surface area contributed by atoms with Gasteiger partial charge in [-0.05, 0) is 35.7 Å². The average molecular weight is 467 g/mol. The van der Waals surface area contributed by atoms with Gasteiger partial charge in [0, 0.05) is 16.5 Å². The van der Waals surface area contributed by atoms with Crippen LogP contribution in [0.2, 0.25) is 0 Å². The van der Waals surface area contributed by atoms with Crippen LogP contribution in [0.4, 0.5) is 5.95 Å². The number of hydrogen-bond donors (Lipinski definition) is 1. The highest BCUT2D eigenvalue weighted by atomic mass is 32.1. The normalized spacial score (nSPS) is 11.4. The van der Waals surface area contributed by atoms with Crippen molar-refractivity contribution in [1.29, 1.82) is 0 Å². The topological polar surface area (TPSA) is 87.0 Å². The molecule has 0 bridgehead atoms. The van der Waals surface area contributed by atoms with Crippen molar-refractivity contribution < 1.29 is 19.0 Å². The van der Waals surface area contributed by atoms with E-state index in [0.29, 0.717) is 10.7 Å². The third-order valence-corrected chi connectivity index (χ3v) is 5.89. The molecule has 4 rings (SSSR count). The number of carbonyl (C=O) groups is 1. The fourth-order valence-electron chi connectivity index (χ4n) is 3.43. The first-order chi connectivity index (χ1) is 15.8. The first-order valence-corrected chi connectivity index (χ1v) is 11.3. The number of para-hydroxylation sites is 1. The molecule has 2 aromatic carbocycles. The van der Waals surface area contributed by atoms with Crippen LogP contribution in [0.15, 0.2) is 47.8 Å². The number of aromatic nitrogens is 3. The first-order valence-electron chi connectivity index (χ1n) is 10.4. The summed E-state index contributed by atoms with van der Waals surface area (Å²) in [4.78, 5) is 17.6.